The highest BCUT2D eigenvalue weighted by atomic mass is 35.5. The fraction of sp³-hybridized carbons (Fsp3) is 0.308. The summed E-state index contributed by atoms with van der Waals surface area (Å²) in [6.07, 6.45) is 0. The van der Waals surface area contributed by atoms with Crippen molar-refractivity contribution in [3.63, 3.8) is 0 Å². The van der Waals surface area contributed by atoms with E-state index in [0.717, 1.165) is 5.56 Å². The van der Waals surface area contributed by atoms with E-state index in [-0.39, 0.29) is 5.41 Å². The number of aromatic nitrogens is 2. The highest BCUT2D eigenvalue weighted by molar-refractivity contribution is 6.36. The first-order chi connectivity index (χ1) is 8.71. The molecule has 0 aliphatic heterocycles. The lowest BCUT2D eigenvalue weighted by Gasteiger charge is -2.17. The Balaban J connectivity index is 2.64. The molecule has 0 saturated carbocycles. The van der Waals surface area contributed by atoms with E-state index in [4.69, 9.17) is 34.8 Å². The summed E-state index contributed by atoms with van der Waals surface area (Å²) in [5.74, 6) is 7.05. The Morgan fingerprint density at radius 2 is 1.84 bits per heavy atom. The van der Waals surface area contributed by atoms with Gasteiger partial charge in [0.2, 0.25) is 0 Å². The fourth-order valence-electron chi connectivity index (χ4n) is 1.85. The molecule has 1 aromatic carbocycles. The van der Waals surface area contributed by atoms with Gasteiger partial charge in [-0.25, -0.2) is 9.66 Å². The summed E-state index contributed by atoms with van der Waals surface area (Å²) in [7, 11) is 0. The van der Waals surface area contributed by atoms with Crippen molar-refractivity contribution in [3.8, 4) is 11.3 Å². The average Bonchev–Trinajstić information content (AvgIpc) is 2.56. The molecule has 0 fully saturated rings. The lowest BCUT2D eigenvalue weighted by atomic mass is 9.96. The Labute approximate surface area is 122 Å². The maximum Gasteiger partial charge on any atom is 0.150 e. The quantitative estimate of drug-likeness (QED) is 0.792. The second-order valence-electron chi connectivity index (χ2n) is 5.41. The molecule has 0 amide bonds. The number of hydrogen-bond donors (Lipinski definition) is 2. The van der Waals surface area contributed by atoms with Gasteiger partial charge in [-0.15, -0.1) is 0 Å². The first kappa shape index (κ1) is 14.0. The third-order valence-electron chi connectivity index (χ3n) is 2.81. The third kappa shape index (κ3) is 2.51. The van der Waals surface area contributed by atoms with Gasteiger partial charge in [0.15, 0.2) is 5.82 Å². The Bertz CT molecular complexity index is 626. The van der Waals surface area contributed by atoms with Crippen molar-refractivity contribution >= 4 is 29.0 Å². The van der Waals surface area contributed by atoms with E-state index in [9.17, 15) is 0 Å². The van der Waals surface area contributed by atoms with Crippen LogP contribution in [0.25, 0.3) is 11.3 Å². The maximum atomic E-state index is 6.18. The van der Waals surface area contributed by atoms with Crippen molar-refractivity contribution < 1.29 is 0 Å². The van der Waals surface area contributed by atoms with Gasteiger partial charge in [0.1, 0.15) is 11.5 Å². The van der Waals surface area contributed by atoms with Crippen LogP contribution in [-0.2, 0) is 5.41 Å². The first-order valence-corrected chi connectivity index (χ1v) is 6.56. The molecule has 0 saturated heterocycles. The highest BCUT2D eigenvalue weighted by Crippen LogP contribution is 2.35. The van der Waals surface area contributed by atoms with Gasteiger partial charge in [-0.2, -0.15) is 0 Å². The first-order valence-electron chi connectivity index (χ1n) is 5.81. The molecule has 1 heterocycles. The highest BCUT2D eigenvalue weighted by Gasteiger charge is 2.25. The zero-order valence-corrected chi connectivity index (χ0v) is 12.5. The zero-order chi connectivity index (χ0) is 14.4. The van der Waals surface area contributed by atoms with Gasteiger partial charge < -0.3 is 11.6 Å². The molecule has 1 aromatic heterocycles. The number of nitrogens with two attached hydrogens (primary N) is 2. The van der Waals surface area contributed by atoms with Crippen molar-refractivity contribution in [1.82, 2.24) is 9.66 Å². The van der Waals surface area contributed by atoms with E-state index < -0.39 is 0 Å². The van der Waals surface area contributed by atoms with Gasteiger partial charge in [0, 0.05) is 16.0 Å². The minimum absolute atomic E-state index is 0.208. The molecule has 19 heavy (non-hydrogen) atoms. The van der Waals surface area contributed by atoms with Crippen molar-refractivity contribution in [2.75, 3.05) is 11.6 Å². The molecule has 4 nitrogen and oxygen atoms in total. The van der Waals surface area contributed by atoms with Crippen molar-refractivity contribution in [1.29, 1.82) is 0 Å². The Morgan fingerprint density at radius 3 is 2.32 bits per heavy atom. The second-order valence-corrected chi connectivity index (χ2v) is 6.26. The molecule has 0 aliphatic rings. The van der Waals surface area contributed by atoms with Crippen LogP contribution in [0.1, 0.15) is 26.6 Å². The van der Waals surface area contributed by atoms with Gasteiger partial charge in [-0.3, -0.25) is 0 Å². The predicted octanol–water partition coefficient (Wildman–Crippen LogP) is 3.45. The van der Waals surface area contributed by atoms with Gasteiger partial charge in [-0.05, 0) is 18.2 Å². The number of nitrogen functional groups attached to an aromatic ring is 2. The molecule has 0 atom stereocenters. The molecule has 2 rings (SSSR count). The van der Waals surface area contributed by atoms with Crippen LogP contribution in [0.3, 0.4) is 0 Å². The number of hydrogen-bond acceptors (Lipinski definition) is 3. The Morgan fingerprint density at radius 1 is 1.21 bits per heavy atom. The van der Waals surface area contributed by atoms with Gasteiger partial charge in [0.25, 0.3) is 0 Å². The van der Waals surface area contributed by atoms with Crippen LogP contribution in [0.2, 0.25) is 10.0 Å². The number of nitrogens with zero attached hydrogens (tertiary/aromatic N) is 2. The van der Waals surface area contributed by atoms with E-state index in [2.05, 4.69) is 4.98 Å². The SMILES string of the molecule is CC(C)(C)c1nc(-c2ccc(Cl)cc2Cl)c(N)n1N. The predicted molar refractivity (Wildman–Crippen MR) is 80.9 cm³/mol. The molecular formula is C13H16Cl2N4. The van der Waals surface area contributed by atoms with Crippen molar-refractivity contribution in [2.24, 2.45) is 0 Å². The maximum absolute atomic E-state index is 6.18. The van der Waals surface area contributed by atoms with Crippen LogP contribution in [0.5, 0.6) is 0 Å². The third-order valence-corrected chi connectivity index (χ3v) is 3.35. The topological polar surface area (TPSA) is 69.9 Å². The van der Waals surface area contributed by atoms with Crippen LogP contribution in [-0.4, -0.2) is 9.66 Å². The summed E-state index contributed by atoms with van der Waals surface area (Å²) in [5, 5.41) is 1.06. The molecule has 0 aliphatic carbocycles. The molecule has 2 aromatic rings. The monoisotopic (exact) mass is 298 g/mol. The Kier molecular flexibility index (Phi) is 3.41. The molecule has 6 heteroatoms. The number of benzene rings is 1. The molecule has 0 bridgehead atoms. The lowest BCUT2D eigenvalue weighted by Crippen LogP contribution is -2.24. The number of anilines is 1. The summed E-state index contributed by atoms with van der Waals surface area (Å²) in [4.78, 5) is 4.53. The molecule has 0 unspecified atom stereocenters. The van der Waals surface area contributed by atoms with Crippen LogP contribution in [0.15, 0.2) is 18.2 Å². The minimum atomic E-state index is -0.208. The second kappa shape index (κ2) is 4.62. The van der Waals surface area contributed by atoms with Crippen LogP contribution in [0.4, 0.5) is 5.82 Å². The summed E-state index contributed by atoms with van der Waals surface area (Å²) in [5.41, 5.74) is 7.11. The fourth-order valence-corrected chi connectivity index (χ4v) is 2.35. The molecule has 102 valence electrons. The van der Waals surface area contributed by atoms with Gasteiger partial charge in [-0.1, -0.05) is 44.0 Å². The molecule has 0 radical (unpaired) electrons. The molecule has 4 N–H and O–H groups in total. The lowest BCUT2D eigenvalue weighted by molar-refractivity contribution is 0.532. The van der Waals surface area contributed by atoms with E-state index in [1.807, 2.05) is 20.8 Å². The van der Waals surface area contributed by atoms with Crippen molar-refractivity contribution in [3.05, 3.63) is 34.1 Å². The normalized spacial score (nSPS) is 11.8. The van der Waals surface area contributed by atoms with Gasteiger partial charge >= 0.3 is 0 Å². The van der Waals surface area contributed by atoms with Crippen LogP contribution in [0, 0.1) is 0 Å². The number of halogens is 2. The van der Waals surface area contributed by atoms with Gasteiger partial charge in [0.05, 0.1) is 5.02 Å². The van der Waals surface area contributed by atoms with E-state index in [1.54, 1.807) is 18.2 Å². The van der Waals surface area contributed by atoms with E-state index in [0.29, 0.717) is 27.4 Å². The standard InChI is InChI=1S/C13H16Cl2N4/c1-13(2,3)12-18-10(11(16)19(12)17)8-5-4-7(14)6-9(8)15/h4-6H,16-17H2,1-3H3. The zero-order valence-electron chi connectivity index (χ0n) is 11.0. The minimum Gasteiger partial charge on any atom is -0.382 e. The summed E-state index contributed by atoms with van der Waals surface area (Å²) in [6.45, 7) is 6.06. The summed E-state index contributed by atoms with van der Waals surface area (Å²) < 4.78 is 1.40. The molecular weight excluding hydrogens is 283 g/mol. The van der Waals surface area contributed by atoms with Crippen LogP contribution < -0.4 is 11.6 Å². The summed E-state index contributed by atoms with van der Waals surface area (Å²) in [6, 6.07) is 5.19. The number of rotatable bonds is 1. The molecule has 0 spiro atoms. The van der Waals surface area contributed by atoms with E-state index >= 15 is 0 Å². The number of imidazole rings is 1. The average molecular weight is 299 g/mol. The summed E-state index contributed by atoms with van der Waals surface area (Å²) >= 11 is 12.1. The smallest absolute Gasteiger partial charge is 0.150 e. The Hall–Kier alpha value is -1.39. The van der Waals surface area contributed by atoms with E-state index in [1.165, 1.54) is 4.68 Å². The largest absolute Gasteiger partial charge is 0.382 e. The van der Waals surface area contributed by atoms with Crippen molar-refractivity contribution in [2.45, 2.75) is 26.2 Å². The van der Waals surface area contributed by atoms with Crippen LogP contribution >= 0.6 is 23.2 Å².